The fraction of sp³-hybridized carbons (Fsp3) is 0.500. The molecule has 0 saturated heterocycles. The quantitative estimate of drug-likeness (QED) is 0.819. The predicted octanol–water partition coefficient (Wildman–Crippen LogP) is 0.785. The van der Waals surface area contributed by atoms with Crippen LogP contribution in [-0.2, 0) is 6.54 Å². The Morgan fingerprint density at radius 2 is 2.35 bits per heavy atom. The number of aromatic nitrogens is 1. The summed E-state index contributed by atoms with van der Waals surface area (Å²) in [6, 6.07) is 3.72. The first-order chi connectivity index (χ1) is 8.26. The Morgan fingerprint density at radius 1 is 1.53 bits per heavy atom. The van der Waals surface area contributed by atoms with Gasteiger partial charge in [0.15, 0.2) is 0 Å². The number of fused-ring (bicyclic) bond motifs is 1. The zero-order chi connectivity index (χ0) is 12.3. The van der Waals surface area contributed by atoms with Gasteiger partial charge in [-0.1, -0.05) is 6.92 Å². The van der Waals surface area contributed by atoms with E-state index in [9.17, 15) is 4.79 Å². The zero-order valence-corrected chi connectivity index (χ0v) is 9.98. The van der Waals surface area contributed by atoms with Crippen LogP contribution in [0.1, 0.15) is 29.4 Å². The Kier molecular flexibility index (Phi) is 3.58. The molecule has 0 spiro atoms. The van der Waals surface area contributed by atoms with E-state index < -0.39 is 0 Å². The van der Waals surface area contributed by atoms with Gasteiger partial charge in [-0.05, 0) is 12.5 Å². The van der Waals surface area contributed by atoms with E-state index in [0.29, 0.717) is 37.8 Å². The minimum Gasteiger partial charge on any atom is -0.478 e. The summed E-state index contributed by atoms with van der Waals surface area (Å²) in [6.45, 7) is 4.29. The van der Waals surface area contributed by atoms with Crippen LogP contribution in [0.3, 0.4) is 0 Å². The van der Waals surface area contributed by atoms with Crippen molar-refractivity contribution in [2.45, 2.75) is 19.9 Å². The average molecular weight is 235 g/mol. The van der Waals surface area contributed by atoms with Crippen LogP contribution < -0.4 is 10.5 Å². The SMILES string of the molecule is CCCOc1ccc2c(n1)C(=O)N(CCN)C2. The Hall–Kier alpha value is -1.62. The molecule has 92 valence electrons. The number of pyridine rings is 1. The Morgan fingerprint density at radius 3 is 3.06 bits per heavy atom. The van der Waals surface area contributed by atoms with Gasteiger partial charge in [0.1, 0.15) is 5.69 Å². The molecular formula is C12H17N3O2. The maximum absolute atomic E-state index is 12.0. The van der Waals surface area contributed by atoms with E-state index in [4.69, 9.17) is 10.5 Å². The van der Waals surface area contributed by atoms with E-state index in [1.807, 2.05) is 19.1 Å². The fourth-order valence-electron chi connectivity index (χ4n) is 1.83. The molecule has 1 aliphatic rings. The summed E-state index contributed by atoms with van der Waals surface area (Å²) in [5, 5.41) is 0. The Bertz CT molecular complexity index is 420. The third-order valence-electron chi connectivity index (χ3n) is 2.66. The summed E-state index contributed by atoms with van der Waals surface area (Å²) in [5.41, 5.74) is 6.92. The van der Waals surface area contributed by atoms with Crippen molar-refractivity contribution < 1.29 is 9.53 Å². The topological polar surface area (TPSA) is 68.5 Å². The van der Waals surface area contributed by atoms with Gasteiger partial charge < -0.3 is 15.4 Å². The minimum absolute atomic E-state index is 0.0487. The number of carbonyl (C=O) groups is 1. The molecule has 5 heteroatoms. The third kappa shape index (κ3) is 2.39. The first-order valence-electron chi connectivity index (χ1n) is 5.88. The van der Waals surface area contributed by atoms with Gasteiger partial charge in [0.05, 0.1) is 6.61 Å². The molecule has 2 N–H and O–H groups in total. The van der Waals surface area contributed by atoms with Gasteiger partial charge in [-0.15, -0.1) is 0 Å². The van der Waals surface area contributed by atoms with E-state index in [1.54, 1.807) is 4.90 Å². The number of hydrogen-bond acceptors (Lipinski definition) is 4. The summed E-state index contributed by atoms with van der Waals surface area (Å²) >= 11 is 0. The monoisotopic (exact) mass is 235 g/mol. The second kappa shape index (κ2) is 5.14. The molecule has 17 heavy (non-hydrogen) atoms. The predicted molar refractivity (Wildman–Crippen MR) is 63.8 cm³/mol. The van der Waals surface area contributed by atoms with Crippen molar-refractivity contribution in [1.82, 2.24) is 9.88 Å². The molecule has 5 nitrogen and oxygen atoms in total. The van der Waals surface area contributed by atoms with Gasteiger partial charge in [0.2, 0.25) is 5.88 Å². The van der Waals surface area contributed by atoms with Gasteiger partial charge in [0.25, 0.3) is 5.91 Å². The van der Waals surface area contributed by atoms with Gasteiger partial charge in [-0.2, -0.15) is 0 Å². The molecule has 0 aromatic carbocycles. The van der Waals surface area contributed by atoms with E-state index in [0.717, 1.165) is 12.0 Å². The Labute approximate surface area is 101 Å². The molecule has 1 aromatic heterocycles. The van der Waals surface area contributed by atoms with E-state index in [-0.39, 0.29) is 5.91 Å². The average Bonchev–Trinajstić information content (AvgIpc) is 2.65. The number of hydrogen-bond donors (Lipinski definition) is 1. The first-order valence-corrected chi connectivity index (χ1v) is 5.88. The van der Waals surface area contributed by atoms with Gasteiger partial charge in [0, 0.05) is 31.3 Å². The molecule has 0 unspecified atom stereocenters. The molecule has 1 aromatic rings. The number of amides is 1. The van der Waals surface area contributed by atoms with Crippen LogP contribution in [0.2, 0.25) is 0 Å². The van der Waals surface area contributed by atoms with Crippen LogP contribution in [0, 0.1) is 0 Å². The molecule has 2 heterocycles. The van der Waals surface area contributed by atoms with Gasteiger partial charge in [-0.25, -0.2) is 4.98 Å². The van der Waals surface area contributed by atoms with Crippen LogP contribution in [0.5, 0.6) is 5.88 Å². The van der Waals surface area contributed by atoms with Gasteiger partial charge in [-0.3, -0.25) is 4.79 Å². The lowest BCUT2D eigenvalue weighted by Crippen LogP contribution is -2.29. The Balaban J connectivity index is 2.16. The lowest BCUT2D eigenvalue weighted by atomic mass is 10.2. The molecule has 0 aliphatic carbocycles. The van der Waals surface area contributed by atoms with Crippen LogP contribution in [0.15, 0.2) is 12.1 Å². The smallest absolute Gasteiger partial charge is 0.273 e. The highest BCUT2D eigenvalue weighted by molar-refractivity contribution is 5.96. The lowest BCUT2D eigenvalue weighted by Gasteiger charge is -2.12. The van der Waals surface area contributed by atoms with Crippen molar-refractivity contribution >= 4 is 5.91 Å². The van der Waals surface area contributed by atoms with E-state index >= 15 is 0 Å². The van der Waals surface area contributed by atoms with Crippen molar-refractivity contribution in [2.24, 2.45) is 5.73 Å². The molecule has 1 aliphatic heterocycles. The van der Waals surface area contributed by atoms with Crippen LogP contribution in [0.4, 0.5) is 0 Å². The zero-order valence-electron chi connectivity index (χ0n) is 9.98. The van der Waals surface area contributed by atoms with Crippen molar-refractivity contribution in [3.63, 3.8) is 0 Å². The second-order valence-electron chi connectivity index (χ2n) is 4.02. The highest BCUT2D eigenvalue weighted by atomic mass is 16.5. The van der Waals surface area contributed by atoms with Crippen LogP contribution >= 0.6 is 0 Å². The summed E-state index contributed by atoms with van der Waals surface area (Å²) in [5.74, 6) is 0.473. The molecule has 2 rings (SSSR count). The van der Waals surface area contributed by atoms with E-state index in [2.05, 4.69) is 4.98 Å². The van der Waals surface area contributed by atoms with Crippen molar-refractivity contribution in [2.75, 3.05) is 19.7 Å². The van der Waals surface area contributed by atoms with Crippen molar-refractivity contribution in [3.8, 4) is 5.88 Å². The highest BCUT2D eigenvalue weighted by Crippen LogP contribution is 2.23. The number of nitrogens with zero attached hydrogens (tertiary/aromatic N) is 2. The first kappa shape index (κ1) is 11.9. The number of ether oxygens (including phenoxy) is 1. The minimum atomic E-state index is -0.0487. The fourth-order valence-corrected chi connectivity index (χ4v) is 1.83. The number of rotatable bonds is 5. The van der Waals surface area contributed by atoms with Crippen LogP contribution in [-0.4, -0.2) is 35.5 Å². The third-order valence-corrected chi connectivity index (χ3v) is 2.66. The summed E-state index contributed by atoms with van der Waals surface area (Å²) in [7, 11) is 0. The van der Waals surface area contributed by atoms with Crippen LogP contribution in [0.25, 0.3) is 0 Å². The number of carbonyl (C=O) groups excluding carboxylic acids is 1. The maximum atomic E-state index is 12.0. The van der Waals surface area contributed by atoms with E-state index in [1.165, 1.54) is 0 Å². The maximum Gasteiger partial charge on any atom is 0.273 e. The summed E-state index contributed by atoms with van der Waals surface area (Å²) in [4.78, 5) is 17.9. The lowest BCUT2D eigenvalue weighted by molar-refractivity contribution is 0.0778. The molecule has 0 fully saturated rings. The molecule has 1 amide bonds. The van der Waals surface area contributed by atoms with Gasteiger partial charge >= 0.3 is 0 Å². The largest absolute Gasteiger partial charge is 0.478 e. The molecular weight excluding hydrogens is 218 g/mol. The standard InChI is InChI=1S/C12H17N3O2/c1-2-7-17-10-4-3-9-8-15(6-5-13)12(16)11(9)14-10/h3-4H,2,5-8,13H2,1H3. The van der Waals surface area contributed by atoms with Crippen molar-refractivity contribution in [3.05, 3.63) is 23.4 Å². The summed E-state index contributed by atoms with van der Waals surface area (Å²) in [6.07, 6.45) is 0.923. The molecule has 0 atom stereocenters. The molecule has 0 radical (unpaired) electrons. The summed E-state index contributed by atoms with van der Waals surface area (Å²) < 4.78 is 5.42. The molecule has 0 saturated carbocycles. The molecule has 0 bridgehead atoms. The second-order valence-corrected chi connectivity index (χ2v) is 4.02. The highest BCUT2D eigenvalue weighted by Gasteiger charge is 2.28. The normalized spacial score (nSPS) is 14.0. The van der Waals surface area contributed by atoms with Crippen molar-refractivity contribution in [1.29, 1.82) is 0 Å². The number of nitrogens with two attached hydrogens (primary N) is 1.